The average molecular weight is 209 g/mol. The predicted octanol–water partition coefficient (Wildman–Crippen LogP) is 3.57. The first kappa shape index (κ1) is 11.5. The molecular weight excluding hydrogens is 189 g/mol. The van der Waals surface area contributed by atoms with Gasteiger partial charge in [0.2, 0.25) is 0 Å². The molecule has 0 fully saturated rings. The quantitative estimate of drug-likeness (QED) is 0.326. The molecule has 0 aromatic carbocycles. The molecule has 0 radical (unpaired) electrons. The molecule has 1 aliphatic heterocycles. The van der Waals surface area contributed by atoms with E-state index in [2.05, 4.69) is 42.9 Å². The van der Waals surface area contributed by atoms with Crippen molar-refractivity contribution in [3.05, 3.63) is 29.6 Å². The van der Waals surface area contributed by atoms with Crippen molar-refractivity contribution < 1.29 is 4.58 Å². The molecule has 0 spiro atoms. The van der Waals surface area contributed by atoms with E-state index in [0.717, 1.165) is 0 Å². The van der Waals surface area contributed by atoms with Crippen LogP contribution in [-0.4, -0.2) is 24.2 Å². The standard InChI is InChI=1S/C10H14NP.C2H6/c1-11-7-9-5-3-4-6-10(9)12(2)8-11;1-2/h5-8H,3-4H2,1-2H3;1-2H3. The van der Waals surface area contributed by atoms with Gasteiger partial charge in [0.1, 0.15) is 13.0 Å². The summed E-state index contributed by atoms with van der Waals surface area (Å²) in [6, 6.07) is 0. The molecule has 0 amide bonds. The van der Waals surface area contributed by atoms with Gasteiger partial charge >= 0.3 is 0 Å². The summed E-state index contributed by atoms with van der Waals surface area (Å²) in [5, 5.41) is 1.58. The third kappa shape index (κ3) is 2.48. The Balaban J connectivity index is 0.000000461. The molecule has 0 aromatic heterocycles. The summed E-state index contributed by atoms with van der Waals surface area (Å²) in [5.74, 6) is 2.32. The maximum atomic E-state index is 2.40. The molecule has 2 rings (SSSR count). The van der Waals surface area contributed by atoms with Crippen LogP contribution in [0.3, 0.4) is 0 Å². The summed E-state index contributed by atoms with van der Waals surface area (Å²) in [5.41, 5.74) is 1.46. The highest BCUT2D eigenvalue weighted by molar-refractivity contribution is 7.75. The number of hydrogen-bond donors (Lipinski definition) is 0. The van der Waals surface area contributed by atoms with E-state index in [1.54, 1.807) is 5.31 Å². The third-order valence-electron chi connectivity index (χ3n) is 2.24. The van der Waals surface area contributed by atoms with Crippen LogP contribution in [0.5, 0.6) is 0 Å². The fourth-order valence-corrected chi connectivity index (χ4v) is 3.45. The Morgan fingerprint density at radius 3 is 2.86 bits per heavy atom. The van der Waals surface area contributed by atoms with Gasteiger partial charge in [-0.15, -0.1) is 17.0 Å². The Hall–Kier alpha value is -0.550. The van der Waals surface area contributed by atoms with Crippen LogP contribution in [0.2, 0.25) is 0 Å². The zero-order valence-corrected chi connectivity index (χ0v) is 10.5. The zero-order valence-electron chi connectivity index (χ0n) is 9.62. The Kier molecular flexibility index (Phi) is 4.41. The van der Waals surface area contributed by atoms with E-state index in [1.165, 1.54) is 18.4 Å². The maximum Gasteiger partial charge on any atom is 0.146 e. The smallest absolute Gasteiger partial charge is 0.146 e. The van der Waals surface area contributed by atoms with Crippen LogP contribution in [0.1, 0.15) is 26.7 Å². The van der Waals surface area contributed by atoms with Crippen molar-refractivity contribution in [2.24, 2.45) is 0 Å². The van der Waals surface area contributed by atoms with Gasteiger partial charge in [-0.25, -0.2) is 0 Å². The van der Waals surface area contributed by atoms with Crippen molar-refractivity contribution in [1.82, 2.24) is 0 Å². The molecule has 1 unspecified atom stereocenters. The second-order valence-corrected chi connectivity index (χ2v) is 5.28. The fraction of sp³-hybridized carbons (Fsp3) is 0.500. The molecule has 2 aliphatic rings. The molecule has 1 aliphatic carbocycles. The third-order valence-corrected chi connectivity index (χ3v) is 4.15. The first-order chi connectivity index (χ1) is 6.77. The van der Waals surface area contributed by atoms with Crippen molar-refractivity contribution in [3.8, 4) is 0 Å². The first-order valence-corrected chi connectivity index (χ1v) is 7.18. The van der Waals surface area contributed by atoms with E-state index >= 15 is 0 Å². The van der Waals surface area contributed by atoms with Crippen LogP contribution in [0.15, 0.2) is 23.2 Å². The molecule has 1 atom stereocenters. The van der Waals surface area contributed by atoms with Crippen LogP contribution in [0, 0.1) is 6.42 Å². The molecule has 1 nitrogen and oxygen atoms in total. The van der Waals surface area contributed by atoms with Crippen molar-refractivity contribution in [3.63, 3.8) is 0 Å². The van der Waals surface area contributed by atoms with Gasteiger partial charge < -0.3 is 0 Å². The SMILES string of the molecule is CC.C[N+]1=CP(C)C2=CCC[CH-]C2=C1. The highest BCUT2D eigenvalue weighted by Gasteiger charge is 2.14. The summed E-state index contributed by atoms with van der Waals surface area (Å²) < 4.78 is 2.19. The van der Waals surface area contributed by atoms with Gasteiger partial charge in [-0.05, 0) is 14.6 Å². The minimum atomic E-state index is -0.0259. The molecule has 0 aromatic rings. The molecule has 0 N–H and O–H groups in total. The lowest BCUT2D eigenvalue weighted by molar-refractivity contribution is -0.415. The molecular formula is C12H20NP. The monoisotopic (exact) mass is 209 g/mol. The normalized spacial score (nSPS) is 24.3. The Labute approximate surface area is 89.0 Å². The van der Waals surface area contributed by atoms with Gasteiger partial charge in [0.25, 0.3) is 0 Å². The van der Waals surface area contributed by atoms with Crippen LogP contribution in [0.4, 0.5) is 0 Å². The van der Waals surface area contributed by atoms with Gasteiger partial charge in [-0.2, -0.15) is 6.42 Å². The van der Waals surface area contributed by atoms with E-state index in [9.17, 15) is 0 Å². The van der Waals surface area contributed by atoms with Gasteiger partial charge in [-0.3, -0.25) is 4.58 Å². The lowest BCUT2D eigenvalue weighted by Crippen LogP contribution is -2.09. The fourth-order valence-electron chi connectivity index (χ4n) is 1.74. The summed E-state index contributed by atoms with van der Waals surface area (Å²) in [4.78, 5) is 0. The van der Waals surface area contributed by atoms with E-state index in [0.29, 0.717) is 0 Å². The van der Waals surface area contributed by atoms with Crippen LogP contribution in [0.25, 0.3) is 0 Å². The van der Waals surface area contributed by atoms with Crippen LogP contribution >= 0.6 is 7.92 Å². The summed E-state index contributed by atoms with van der Waals surface area (Å²) >= 11 is 0. The number of nitrogens with zero attached hydrogens (tertiary/aromatic N) is 1. The second kappa shape index (κ2) is 5.36. The van der Waals surface area contributed by atoms with Gasteiger partial charge in [0.05, 0.1) is 6.20 Å². The lowest BCUT2D eigenvalue weighted by Gasteiger charge is -2.29. The Morgan fingerprint density at radius 1 is 1.43 bits per heavy atom. The Morgan fingerprint density at radius 2 is 2.14 bits per heavy atom. The lowest BCUT2D eigenvalue weighted by atomic mass is 10.0. The minimum absolute atomic E-state index is 0.0259. The van der Waals surface area contributed by atoms with E-state index in [-0.39, 0.29) is 7.92 Å². The van der Waals surface area contributed by atoms with Gasteiger partial charge in [0.15, 0.2) is 0 Å². The topological polar surface area (TPSA) is 3.01 Å². The van der Waals surface area contributed by atoms with Crippen LogP contribution in [-0.2, 0) is 0 Å². The largest absolute Gasteiger partial charge is 0.262 e. The van der Waals surface area contributed by atoms with E-state index in [4.69, 9.17) is 0 Å². The van der Waals surface area contributed by atoms with Crippen molar-refractivity contribution in [1.29, 1.82) is 0 Å². The van der Waals surface area contributed by atoms with Crippen molar-refractivity contribution in [2.75, 3.05) is 13.7 Å². The highest BCUT2D eigenvalue weighted by atomic mass is 31.1. The number of rotatable bonds is 0. The zero-order chi connectivity index (χ0) is 10.6. The maximum absolute atomic E-state index is 2.40. The van der Waals surface area contributed by atoms with Crippen LogP contribution < -0.4 is 0 Å². The Bertz CT molecular complexity index is 287. The van der Waals surface area contributed by atoms with Crippen molar-refractivity contribution >= 4 is 13.9 Å². The average Bonchev–Trinajstić information content (AvgIpc) is 2.20. The number of allylic oxidation sites excluding steroid dienone is 3. The molecule has 1 heterocycles. The first-order valence-electron chi connectivity index (χ1n) is 5.33. The minimum Gasteiger partial charge on any atom is -0.262 e. The molecule has 0 saturated heterocycles. The molecule has 14 heavy (non-hydrogen) atoms. The molecule has 0 bridgehead atoms. The summed E-state index contributed by atoms with van der Waals surface area (Å²) in [6.45, 7) is 6.32. The van der Waals surface area contributed by atoms with Gasteiger partial charge in [0, 0.05) is 0 Å². The predicted molar refractivity (Wildman–Crippen MR) is 66.1 cm³/mol. The molecule has 0 saturated carbocycles. The number of hydrogen-bond acceptors (Lipinski definition) is 0. The summed E-state index contributed by atoms with van der Waals surface area (Å²) in [6.07, 6.45) is 9.44. The van der Waals surface area contributed by atoms with Gasteiger partial charge in [-0.1, -0.05) is 26.7 Å². The van der Waals surface area contributed by atoms with E-state index in [1.807, 2.05) is 13.8 Å². The highest BCUT2D eigenvalue weighted by Crippen LogP contribution is 2.47. The molecule has 78 valence electrons. The number of fused-ring (bicyclic) bond motifs is 1. The summed E-state index contributed by atoms with van der Waals surface area (Å²) in [7, 11) is 2.09. The second-order valence-electron chi connectivity index (χ2n) is 3.35. The van der Waals surface area contributed by atoms with E-state index < -0.39 is 0 Å². The molecule has 2 heteroatoms. The van der Waals surface area contributed by atoms with Crippen molar-refractivity contribution in [2.45, 2.75) is 26.7 Å².